The third-order valence-corrected chi connectivity index (χ3v) is 5.36. The Morgan fingerprint density at radius 2 is 2.14 bits per heavy atom. The van der Waals surface area contributed by atoms with E-state index in [0.717, 1.165) is 22.3 Å². The molecule has 0 spiro atoms. The van der Waals surface area contributed by atoms with E-state index in [2.05, 4.69) is 24.4 Å². The summed E-state index contributed by atoms with van der Waals surface area (Å²) in [6.45, 7) is 5.02. The van der Waals surface area contributed by atoms with Crippen molar-refractivity contribution in [2.45, 2.75) is 52.0 Å². The van der Waals surface area contributed by atoms with Crippen LogP contribution >= 0.6 is 11.3 Å². The lowest BCUT2D eigenvalue weighted by atomic mass is 9.83. The van der Waals surface area contributed by atoms with Crippen molar-refractivity contribution in [3.8, 4) is 5.75 Å². The molecule has 0 amide bonds. The van der Waals surface area contributed by atoms with Gasteiger partial charge in [-0.25, -0.2) is 4.98 Å². The predicted octanol–water partition coefficient (Wildman–Crippen LogP) is 5.08. The SMILES string of the molecule is CCOc1ccc2nc(NC3CCCCC3CC)sc2c1. The first kappa shape index (κ1) is 14.6. The Morgan fingerprint density at radius 3 is 2.95 bits per heavy atom. The van der Waals surface area contributed by atoms with Gasteiger partial charge in [-0.15, -0.1) is 0 Å². The summed E-state index contributed by atoms with van der Waals surface area (Å²) in [6.07, 6.45) is 6.62. The van der Waals surface area contributed by atoms with Crippen LogP contribution in [0.4, 0.5) is 5.13 Å². The van der Waals surface area contributed by atoms with Crippen molar-refractivity contribution >= 4 is 26.7 Å². The summed E-state index contributed by atoms with van der Waals surface area (Å²) in [6, 6.07) is 6.75. The molecule has 0 aliphatic heterocycles. The van der Waals surface area contributed by atoms with Crippen LogP contribution in [0.1, 0.15) is 46.0 Å². The fourth-order valence-corrected chi connectivity index (χ4v) is 4.22. The first-order valence-electron chi connectivity index (χ1n) is 8.10. The van der Waals surface area contributed by atoms with E-state index in [1.807, 2.05) is 13.0 Å². The summed E-state index contributed by atoms with van der Waals surface area (Å²) in [7, 11) is 0. The van der Waals surface area contributed by atoms with Crippen molar-refractivity contribution in [3.05, 3.63) is 18.2 Å². The second-order valence-electron chi connectivity index (χ2n) is 5.79. The van der Waals surface area contributed by atoms with Gasteiger partial charge in [0.05, 0.1) is 16.8 Å². The van der Waals surface area contributed by atoms with Gasteiger partial charge < -0.3 is 10.1 Å². The predicted molar refractivity (Wildman–Crippen MR) is 90.4 cm³/mol. The second kappa shape index (κ2) is 6.65. The molecule has 1 N–H and O–H groups in total. The molecule has 0 bridgehead atoms. The molecule has 3 rings (SSSR count). The average Bonchev–Trinajstić information content (AvgIpc) is 2.89. The van der Waals surface area contributed by atoms with Crippen molar-refractivity contribution < 1.29 is 4.74 Å². The number of hydrogen-bond acceptors (Lipinski definition) is 4. The minimum absolute atomic E-state index is 0.593. The fourth-order valence-electron chi connectivity index (χ4n) is 3.27. The number of ether oxygens (including phenoxy) is 1. The lowest BCUT2D eigenvalue weighted by Crippen LogP contribution is -2.31. The monoisotopic (exact) mass is 304 g/mol. The molecular formula is C17H24N2OS. The van der Waals surface area contributed by atoms with Gasteiger partial charge >= 0.3 is 0 Å². The largest absolute Gasteiger partial charge is 0.494 e. The minimum atomic E-state index is 0.593. The highest BCUT2D eigenvalue weighted by molar-refractivity contribution is 7.22. The summed E-state index contributed by atoms with van der Waals surface area (Å²) in [4.78, 5) is 4.73. The van der Waals surface area contributed by atoms with Crippen molar-refractivity contribution in [3.63, 3.8) is 0 Å². The van der Waals surface area contributed by atoms with Crippen LogP contribution in [0.5, 0.6) is 5.75 Å². The summed E-state index contributed by atoms with van der Waals surface area (Å²) in [5.41, 5.74) is 1.06. The standard InChI is InChI=1S/C17H24N2OS/c1-3-12-7-5-6-8-14(12)18-17-19-15-10-9-13(20-4-2)11-16(15)21-17/h9-12,14H,3-8H2,1-2H3,(H,18,19). The lowest BCUT2D eigenvalue weighted by Gasteiger charge is -2.31. The van der Waals surface area contributed by atoms with E-state index in [4.69, 9.17) is 9.72 Å². The molecule has 2 atom stereocenters. The summed E-state index contributed by atoms with van der Waals surface area (Å²) in [5.74, 6) is 1.73. The van der Waals surface area contributed by atoms with Crippen LogP contribution < -0.4 is 10.1 Å². The zero-order valence-electron chi connectivity index (χ0n) is 12.9. The third-order valence-electron chi connectivity index (χ3n) is 4.41. The third kappa shape index (κ3) is 3.31. The molecule has 1 fully saturated rings. The molecular weight excluding hydrogens is 280 g/mol. The number of hydrogen-bond donors (Lipinski definition) is 1. The highest BCUT2D eigenvalue weighted by Crippen LogP contribution is 2.33. The van der Waals surface area contributed by atoms with E-state index in [9.17, 15) is 0 Å². The number of nitrogens with one attached hydrogen (secondary N) is 1. The van der Waals surface area contributed by atoms with Gasteiger partial charge in [0.2, 0.25) is 0 Å². The topological polar surface area (TPSA) is 34.1 Å². The summed E-state index contributed by atoms with van der Waals surface area (Å²) < 4.78 is 6.77. The van der Waals surface area contributed by atoms with Crippen LogP contribution in [0.3, 0.4) is 0 Å². The van der Waals surface area contributed by atoms with Gasteiger partial charge in [0.25, 0.3) is 0 Å². The molecule has 2 unspecified atom stereocenters. The van der Waals surface area contributed by atoms with E-state index in [1.165, 1.54) is 36.8 Å². The molecule has 114 valence electrons. The molecule has 3 nitrogen and oxygen atoms in total. The number of thiazole rings is 1. The molecule has 1 aliphatic carbocycles. The van der Waals surface area contributed by atoms with E-state index >= 15 is 0 Å². The van der Waals surface area contributed by atoms with Gasteiger partial charge in [0, 0.05) is 6.04 Å². The smallest absolute Gasteiger partial charge is 0.184 e. The average molecular weight is 304 g/mol. The quantitative estimate of drug-likeness (QED) is 0.837. The van der Waals surface area contributed by atoms with Gasteiger partial charge in [0.15, 0.2) is 5.13 Å². The molecule has 0 radical (unpaired) electrons. The van der Waals surface area contributed by atoms with Crippen molar-refractivity contribution in [1.29, 1.82) is 0 Å². The normalized spacial score (nSPS) is 22.4. The van der Waals surface area contributed by atoms with Crippen molar-refractivity contribution in [1.82, 2.24) is 4.98 Å². The molecule has 1 aromatic carbocycles. The molecule has 1 heterocycles. The maximum Gasteiger partial charge on any atom is 0.184 e. The van der Waals surface area contributed by atoms with Crippen LogP contribution in [0, 0.1) is 5.92 Å². The highest BCUT2D eigenvalue weighted by Gasteiger charge is 2.24. The van der Waals surface area contributed by atoms with Gasteiger partial charge in [-0.3, -0.25) is 0 Å². The molecule has 1 aliphatic rings. The zero-order chi connectivity index (χ0) is 14.7. The number of nitrogens with zero attached hydrogens (tertiary/aromatic N) is 1. The van der Waals surface area contributed by atoms with Gasteiger partial charge in [-0.2, -0.15) is 0 Å². The Bertz CT molecular complexity index is 595. The molecule has 1 saturated carbocycles. The number of anilines is 1. The van der Waals surface area contributed by atoms with Crippen LogP contribution in [-0.4, -0.2) is 17.6 Å². The van der Waals surface area contributed by atoms with Gasteiger partial charge in [-0.1, -0.05) is 37.5 Å². The maximum atomic E-state index is 5.57. The number of benzene rings is 1. The Morgan fingerprint density at radius 1 is 1.29 bits per heavy atom. The molecule has 21 heavy (non-hydrogen) atoms. The first-order chi connectivity index (χ1) is 10.3. The molecule has 4 heteroatoms. The van der Waals surface area contributed by atoms with Crippen LogP contribution in [0.2, 0.25) is 0 Å². The molecule has 0 saturated heterocycles. The fraction of sp³-hybridized carbons (Fsp3) is 0.588. The lowest BCUT2D eigenvalue weighted by molar-refractivity contribution is 0.317. The van der Waals surface area contributed by atoms with Crippen LogP contribution in [0.25, 0.3) is 10.2 Å². The Hall–Kier alpha value is -1.29. The zero-order valence-corrected chi connectivity index (χ0v) is 13.7. The van der Waals surface area contributed by atoms with Crippen molar-refractivity contribution in [2.75, 3.05) is 11.9 Å². The summed E-state index contributed by atoms with van der Waals surface area (Å²) >= 11 is 1.74. The first-order valence-corrected chi connectivity index (χ1v) is 8.91. The maximum absolute atomic E-state index is 5.57. The van der Waals surface area contributed by atoms with E-state index in [-0.39, 0.29) is 0 Å². The second-order valence-corrected chi connectivity index (χ2v) is 6.82. The van der Waals surface area contributed by atoms with Crippen molar-refractivity contribution in [2.24, 2.45) is 5.92 Å². The molecule has 1 aromatic heterocycles. The van der Waals surface area contributed by atoms with Crippen LogP contribution in [-0.2, 0) is 0 Å². The van der Waals surface area contributed by atoms with Gasteiger partial charge in [-0.05, 0) is 43.9 Å². The van der Waals surface area contributed by atoms with E-state index in [1.54, 1.807) is 11.3 Å². The summed E-state index contributed by atoms with van der Waals surface area (Å²) in [5, 5.41) is 4.75. The number of aromatic nitrogens is 1. The van der Waals surface area contributed by atoms with Gasteiger partial charge in [0.1, 0.15) is 5.75 Å². The minimum Gasteiger partial charge on any atom is -0.494 e. The number of rotatable bonds is 5. The Kier molecular flexibility index (Phi) is 4.63. The number of fused-ring (bicyclic) bond motifs is 1. The van der Waals surface area contributed by atoms with E-state index in [0.29, 0.717) is 12.6 Å². The Labute approximate surface area is 130 Å². The Balaban J connectivity index is 1.77. The van der Waals surface area contributed by atoms with E-state index < -0.39 is 0 Å². The highest BCUT2D eigenvalue weighted by atomic mass is 32.1. The molecule has 2 aromatic rings. The van der Waals surface area contributed by atoms with Crippen LogP contribution in [0.15, 0.2) is 18.2 Å².